The van der Waals surface area contributed by atoms with Crippen LogP contribution in [0.4, 0.5) is 11.4 Å². The normalized spacial score (nSPS) is 25.7. The van der Waals surface area contributed by atoms with Crippen molar-refractivity contribution in [1.82, 2.24) is 20.8 Å². The average molecular weight is 417 g/mol. The topological polar surface area (TPSA) is 96.2 Å². The molecule has 1 aliphatic carbocycles. The van der Waals surface area contributed by atoms with E-state index in [4.69, 9.17) is 5.73 Å². The zero-order valence-corrected chi connectivity index (χ0v) is 17.7. The average Bonchev–Trinajstić information content (AvgIpc) is 2.83. The number of hydrogen-bond acceptors (Lipinski definition) is 6. The lowest BCUT2D eigenvalue weighted by atomic mass is 9.68. The Morgan fingerprint density at radius 3 is 2.94 bits per heavy atom. The molecule has 0 bridgehead atoms. The highest BCUT2D eigenvalue weighted by Gasteiger charge is 2.42. The number of carbonyl (C=O) groups excluding carboxylic acids is 1. The Kier molecular flexibility index (Phi) is 5.29. The smallest absolute Gasteiger partial charge is 0.237 e. The number of nitrogens with zero attached hydrogens (tertiary/aromatic N) is 3. The van der Waals surface area contributed by atoms with Gasteiger partial charge >= 0.3 is 0 Å². The Morgan fingerprint density at radius 1 is 1.19 bits per heavy atom. The van der Waals surface area contributed by atoms with Crippen LogP contribution in [-0.2, 0) is 4.79 Å². The predicted molar refractivity (Wildman–Crippen MR) is 122 cm³/mol. The van der Waals surface area contributed by atoms with Gasteiger partial charge in [0.25, 0.3) is 0 Å². The first-order valence-corrected chi connectivity index (χ1v) is 10.9. The first-order valence-electron chi connectivity index (χ1n) is 10.9. The molecule has 160 valence electrons. The standard InChI is InChI=1S/C24H28N6O/c1-30(22-6-2-4-15-5-3-9-27-23(15)22)18-10-17(13-26-14-18)16-7-8-19-20(11-16)21(12-25)28-29-24(19)31/h2-6,9-10,13-14,16,19-21,28H,7-8,11-12,25H2,1H3,(H,29,31). The highest BCUT2D eigenvalue weighted by Crippen LogP contribution is 2.42. The minimum Gasteiger partial charge on any atom is -0.342 e. The number of aromatic nitrogens is 2. The maximum absolute atomic E-state index is 12.3. The lowest BCUT2D eigenvalue weighted by molar-refractivity contribution is -0.133. The largest absolute Gasteiger partial charge is 0.342 e. The van der Waals surface area contributed by atoms with Gasteiger partial charge in [0.1, 0.15) is 0 Å². The maximum Gasteiger partial charge on any atom is 0.237 e. The number of nitrogens with two attached hydrogens (primary N) is 1. The van der Waals surface area contributed by atoms with Crippen LogP contribution in [0.5, 0.6) is 0 Å². The van der Waals surface area contributed by atoms with Crippen LogP contribution >= 0.6 is 0 Å². The van der Waals surface area contributed by atoms with Gasteiger partial charge in [0, 0.05) is 43.3 Å². The summed E-state index contributed by atoms with van der Waals surface area (Å²) >= 11 is 0. The molecule has 4 N–H and O–H groups in total. The highest BCUT2D eigenvalue weighted by atomic mass is 16.2. The summed E-state index contributed by atoms with van der Waals surface area (Å²) in [5.41, 5.74) is 16.2. The van der Waals surface area contributed by atoms with Gasteiger partial charge in [0.15, 0.2) is 0 Å². The number of fused-ring (bicyclic) bond motifs is 2. The molecule has 5 rings (SSSR count). The number of nitrogens with one attached hydrogen (secondary N) is 2. The van der Waals surface area contributed by atoms with Crippen molar-refractivity contribution in [3.63, 3.8) is 0 Å². The van der Waals surface area contributed by atoms with Gasteiger partial charge in [0.2, 0.25) is 5.91 Å². The van der Waals surface area contributed by atoms with Crippen LogP contribution in [0.15, 0.2) is 55.0 Å². The second kappa shape index (κ2) is 8.24. The molecule has 2 fully saturated rings. The van der Waals surface area contributed by atoms with Gasteiger partial charge in [-0.2, -0.15) is 0 Å². The minimum absolute atomic E-state index is 0.0478. The molecule has 7 nitrogen and oxygen atoms in total. The molecular formula is C24H28N6O. The Labute approximate surface area is 182 Å². The lowest BCUT2D eigenvalue weighted by Crippen LogP contribution is -2.62. The van der Waals surface area contributed by atoms with E-state index >= 15 is 0 Å². The first kappa shape index (κ1) is 19.9. The number of amides is 1. The van der Waals surface area contributed by atoms with E-state index in [1.165, 1.54) is 5.56 Å². The van der Waals surface area contributed by atoms with Crippen molar-refractivity contribution in [2.45, 2.75) is 31.2 Å². The Bertz CT molecular complexity index is 1100. The molecule has 2 aromatic heterocycles. The monoisotopic (exact) mass is 416 g/mol. The van der Waals surface area contributed by atoms with Crippen LogP contribution in [0.1, 0.15) is 30.7 Å². The van der Waals surface area contributed by atoms with Gasteiger partial charge in [-0.15, -0.1) is 0 Å². The zero-order chi connectivity index (χ0) is 21.4. The van der Waals surface area contributed by atoms with E-state index in [2.05, 4.69) is 63.1 Å². The third-order valence-corrected chi connectivity index (χ3v) is 6.96. The van der Waals surface area contributed by atoms with Gasteiger partial charge < -0.3 is 10.6 Å². The third-order valence-electron chi connectivity index (χ3n) is 6.96. The number of hydrazine groups is 1. The minimum atomic E-state index is 0.0478. The molecule has 1 aromatic carbocycles. The molecule has 1 saturated carbocycles. The fraction of sp³-hybridized carbons (Fsp3) is 0.375. The molecule has 1 amide bonds. The summed E-state index contributed by atoms with van der Waals surface area (Å²) in [6.07, 6.45) is 8.50. The Hall–Kier alpha value is -3.03. The quantitative estimate of drug-likeness (QED) is 0.605. The van der Waals surface area contributed by atoms with Crippen LogP contribution in [0, 0.1) is 11.8 Å². The van der Waals surface area contributed by atoms with Gasteiger partial charge in [-0.1, -0.05) is 18.2 Å². The van der Waals surface area contributed by atoms with Crippen molar-refractivity contribution < 1.29 is 4.79 Å². The number of hydrogen-bond donors (Lipinski definition) is 3. The van der Waals surface area contributed by atoms with Crippen LogP contribution in [0.25, 0.3) is 10.9 Å². The molecule has 1 saturated heterocycles. The fourth-order valence-electron chi connectivity index (χ4n) is 5.23. The van der Waals surface area contributed by atoms with Crippen molar-refractivity contribution in [3.05, 3.63) is 60.6 Å². The zero-order valence-electron chi connectivity index (χ0n) is 17.7. The Morgan fingerprint density at radius 2 is 2.06 bits per heavy atom. The summed E-state index contributed by atoms with van der Waals surface area (Å²) in [5, 5.41) is 1.12. The highest BCUT2D eigenvalue weighted by molar-refractivity contribution is 5.92. The summed E-state index contributed by atoms with van der Waals surface area (Å²) < 4.78 is 0. The summed E-state index contributed by atoms with van der Waals surface area (Å²) in [5.74, 6) is 0.769. The predicted octanol–water partition coefficient (Wildman–Crippen LogP) is 2.86. The number of pyridine rings is 2. The van der Waals surface area contributed by atoms with Crippen LogP contribution in [-0.4, -0.2) is 35.5 Å². The lowest BCUT2D eigenvalue weighted by Gasteiger charge is -2.43. The van der Waals surface area contributed by atoms with E-state index in [0.29, 0.717) is 12.5 Å². The van der Waals surface area contributed by atoms with Crippen molar-refractivity contribution >= 4 is 28.2 Å². The Balaban J connectivity index is 1.42. The van der Waals surface area contributed by atoms with Crippen LogP contribution < -0.4 is 21.5 Å². The van der Waals surface area contributed by atoms with Gasteiger partial charge in [-0.3, -0.25) is 20.2 Å². The molecule has 1 aliphatic heterocycles. The molecule has 3 aromatic rings. The molecule has 4 atom stereocenters. The number of rotatable bonds is 4. The van der Waals surface area contributed by atoms with E-state index in [9.17, 15) is 4.79 Å². The SMILES string of the molecule is CN(c1cncc(C2CCC3C(=O)NNC(CN)C3C2)c1)c1cccc2cccnc12. The first-order chi connectivity index (χ1) is 15.2. The van der Waals surface area contributed by atoms with Gasteiger partial charge in [0.05, 0.1) is 23.1 Å². The molecule has 0 radical (unpaired) electrons. The van der Waals surface area contributed by atoms with Crippen LogP contribution in [0.2, 0.25) is 0 Å². The fourth-order valence-corrected chi connectivity index (χ4v) is 5.23. The number of para-hydroxylation sites is 1. The molecule has 2 aliphatic rings. The number of anilines is 2. The molecule has 7 heteroatoms. The molecule has 4 unspecified atom stereocenters. The molecular weight excluding hydrogens is 388 g/mol. The van der Waals surface area contributed by atoms with E-state index < -0.39 is 0 Å². The maximum atomic E-state index is 12.3. The van der Waals surface area contributed by atoms with E-state index in [1.54, 1.807) is 0 Å². The van der Waals surface area contributed by atoms with Crippen molar-refractivity contribution in [3.8, 4) is 0 Å². The van der Waals surface area contributed by atoms with Crippen LogP contribution in [0.3, 0.4) is 0 Å². The second-order valence-electron chi connectivity index (χ2n) is 8.64. The summed E-state index contributed by atoms with van der Waals surface area (Å²) in [7, 11) is 2.06. The van der Waals surface area contributed by atoms with Gasteiger partial charge in [-0.05, 0) is 54.9 Å². The molecule has 31 heavy (non-hydrogen) atoms. The van der Waals surface area contributed by atoms with Gasteiger partial charge in [-0.25, -0.2) is 5.43 Å². The number of carbonyl (C=O) groups is 1. The summed E-state index contributed by atoms with van der Waals surface area (Å²) in [6.45, 7) is 0.517. The third kappa shape index (κ3) is 3.64. The van der Waals surface area contributed by atoms with Crippen molar-refractivity contribution in [2.75, 3.05) is 18.5 Å². The molecule has 0 spiro atoms. The summed E-state index contributed by atoms with van der Waals surface area (Å²) in [6, 6.07) is 12.6. The number of benzene rings is 1. The summed E-state index contributed by atoms with van der Waals surface area (Å²) in [4.78, 5) is 23.6. The van der Waals surface area contributed by atoms with E-state index in [-0.39, 0.29) is 23.8 Å². The molecule has 3 heterocycles. The van der Waals surface area contributed by atoms with Crippen molar-refractivity contribution in [1.29, 1.82) is 0 Å². The second-order valence-corrected chi connectivity index (χ2v) is 8.64. The van der Waals surface area contributed by atoms with E-state index in [1.807, 2.05) is 24.7 Å². The van der Waals surface area contributed by atoms with Crippen molar-refractivity contribution in [2.24, 2.45) is 17.6 Å². The van der Waals surface area contributed by atoms with E-state index in [0.717, 1.165) is 41.5 Å².